The summed E-state index contributed by atoms with van der Waals surface area (Å²) in [5, 5.41) is 10.2. The lowest BCUT2D eigenvalue weighted by Crippen LogP contribution is -2.22. The number of esters is 1. The molecule has 4 aromatic rings. The van der Waals surface area contributed by atoms with E-state index in [4.69, 9.17) is 99.0 Å². The molecule has 14 heteroatoms. The molecule has 4 aromatic carbocycles. The van der Waals surface area contributed by atoms with Gasteiger partial charge in [0.1, 0.15) is 39.8 Å². The molecule has 5 rings (SSSR count). The van der Waals surface area contributed by atoms with Crippen molar-refractivity contribution in [3.63, 3.8) is 0 Å². The molecule has 8 nitrogen and oxygen atoms in total. The molecule has 1 aliphatic heterocycles. The Kier molecular flexibility index (Phi) is 10.5. The summed E-state index contributed by atoms with van der Waals surface area (Å²) in [6.07, 6.45) is 0. The van der Waals surface area contributed by atoms with Gasteiger partial charge < -0.3 is 29.4 Å². The minimum atomic E-state index is -0.804. The first-order chi connectivity index (χ1) is 22.0. The first kappa shape index (κ1) is 33.7. The first-order valence-electron chi connectivity index (χ1n) is 13.1. The fourth-order valence-corrected chi connectivity index (χ4v) is 5.93. The standard InChI is InChI=1S/C32H20Cl6N2O6/c1-42-23-10-16(4-9-21(23)43-13-15-2-5-17(33)6-3-15)25-19-8-7-18(11-22(19)46-32(40)20(25)12-39)45-24(41)14-44-31-29(37)27(35)26(34)28(36)30(31)38/h2-11,25H,13-14,40H2,1H3. The Hall–Kier alpha value is -3.68. The molecule has 46 heavy (non-hydrogen) atoms. The third-order valence-corrected chi connectivity index (χ3v) is 9.25. The number of rotatable bonds is 9. The Labute approximate surface area is 293 Å². The molecule has 0 saturated carbocycles. The first-order valence-corrected chi connectivity index (χ1v) is 15.4. The Morgan fingerprint density at radius 1 is 0.870 bits per heavy atom. The van der Waals surface area contributed by atoms with Crippen molar-refractivity contribution in [3.8, 4) is 34.8 Å². The lowest BCUT2D eigenvalue weighted by atomic mass is 9.83. The Balaban J connectivity index is 1.35. The van der Waals surface area contributed by atoms with Crippen LogP contribution >= 0.6 is 69.6 Å². The number of nitrogens with two attached hydrogens (primary N) is 1. The molecule has 0 radical (unpaired) electrons. The van der Waals surface area contributed by atoms with Gasteiger partial charge in [-0.3, -0.25) is 0 Å². The second-order valence-electron chi connectivity index (χ2n) is 9.61. The zero-order valence-electron chi connectivity index (χ0n) is 23.5. The number of nitriles is 1. The molecular formula is C32H20Cl6N2O6. The summed E-state index contributed by atoms with van der Waals surface area (Å²) >= 11 is 36.4. The van der Waals surface area contributed by atoms with Gasteiger partial charge in [-0.25, -0.2) is 4.79 Å². The Morgan fingerprint density at radius 2 is 1.54 bits per heavy atom. The summed E-state index contributed by atoms with van der Waals surface area (Å²) in [4.78, 5) is 12.6. The van der Waals surface area contributed by atoms with Crippen LogP contribution in [0, 0.1) is 11.3 Å². The number of allylic oxidation sites excluding steroid dienone is 1. The van der Waals surface area contributed by atoms with Crippen molar-refractivity contribution < 1.29 is 28.5 Å². The van der Waals surface area contributed by atoms with Crippen LogP contribution in [-0.2, 0) is 11.4 Å². The van der Waals surface area contributed by atoms with Crippen molar-refractivity contribution in [3.05, 3.63) is 119 Å². The molecule has 0 aromatic heterocycles. The highest BCUT2D eigenvalue weighted by molar-refractivity contribution is 6.55. The van der Waals surface area contributed by atoms with E-state index in [1.54, 1.807) is 42.5 Å². The number of hydrogen-bond acceptors (Lipinski definition) is 8. The maximum Gasteiger partial charge on any atom is 0.349 e. The third-order valence-electron chi connectivity index (χ3n) is 6.75. The second-order valence-corrected chi connectivity index (χ2v) is 11.9. The molecule has 0 fully saturated rings. The highest BCUT2D eigenvalue weighted by Crippen LogP contribution is 2.48. The summed E-state index contributed by atoms with van der Waals surface area (Å²) in [5.41, 5.74) is 8.57. The molecule has 1 atom stereocenters. The fourth-order valence-electron chi connectivity index (χ4n) is 4.57. The number of halogens is 6. The molecule has 0 bridgehead atoms. The monoisotopic (exact) mass is 738 g/mol. The third kappa shape index (κ3) is 7.01. The summed E-state index contributed by atoms with van der Waals surface area (Å²) in [7, 11) is 1.52. The van der Waals surface area contributed by atoms with Crippen LogP contribution in [0.2, 0.25) is 30.1 Å². The maximum absolute atomic E-state index is 12.6. The smallest absolute Gasteiger partial charge is 0.349 e. The van der Waals surface area contributed by atoms with Gasteiger partial charge in [-0.05, 0) is 41.5 Å². The number of carbonyl (C=O) groups is 1. The van der Waals surface area contributed by atoms with Crippen molar-refractivity contribution in [2.75, 3.05) is 13.7 Å². The number of ether oxygens (including phenoxy) is 5. The van der Waals surface area contributed by atoms with Crippen LogP contribution in [0.15, 0.2) is 72.1 Å². The molecule has 0 aliphatic carbocycles. The molecule has 1 unspecified atom stereocenters. The van der Waals surface area contributed by atoms with E-state index >= 15 is 0 Å². The average Bonchev–Trinajstić information content (AvgIpc) is 3.05. The molecule has 0 spiro atoms. The van der Waals surface area contributed by atoms with E-state index in [2.05, 4.69) is 6.07 Å². The topological polar surface area (TPSA) is 113 Å². The van der Waals surface area contributed by atoms with Gasteiger partial charge in [0.25, 0.3) is 0 Å². The molecule has 0 saturated heterocycles. The summed E-state index contributed by atoms with van der Waals surface area (Å²) in [5.74, 6) is -0.316. The van der Waals surface area contributed by atoms with Crippen molar-refractivity contribution in [1.29, 1.82) is 5.26 Å². The Bertz CT molecular complexity index is 1880. The zero-order valence-corrected chi connectivity index (χ0v) is 28.0. The molecule has 0 amide bonds. The molecular weight excluding hydrogens is 721 g/mol. The van der Waals surface area contributed by atoms with Crippen LogP contribution in [0.5, 0.6) is 28.7 Å². The van der Waals surface area contributed by atoms with E-state index in [9.17, 15) is 10.1 Å². The van der Waals surface area contributed by atoms with Crippen LogP contribution in [-0.4, -0.2) is 19.7 Å². The Morgan fingerprint density at radius 3 is 2.20 bits per heavy atom. The van der Waals surface area contributed by atoms with E-state index in [1.807, 2.05) is 12.1 Å². The number of benzene rings is 4. The van der Waals surface area contributed by atoms with Gasteiger partial charge >= 0.3 is 5.97 Å². The van der Waals surface area contributed by atoms with Crippen LogP contribution in [0.1, 0.15) is 22.6 Å². The van der Waals surface area contributed by atoms with Gasteiger partial charge in [0.15, 0.2) is 23.9 Å². The summed E-state index contributed by atoms with van der Waals surface area (Å²) < 4.78 is 28.2. The SMILES string of the molecule is COc1cc(C2C(C#N)=C(N)Oc3cc(OC(=O)COc4c(Cl)c(Cl)c(Cl)c(Cl)c4Cl)ccc32)ccc1OCc1ccc(Cl)cc1. The number of hydrogen-bond donors (Lipinski definition) is 1. The summed E-state index contributed by atoms with van der Waals surface area (Å²) in [6, 6.07) is 19.4. The van der Waals surface area contributed by atoms with E-state index < -0.39 is 18.5 Å². The van der Waals surface area contributed by atoms with E-state index in [-0.39, 0.29) is 60.4 Å². The number of fused-ring (bicyclic) bond motifs is 1. The van der Waals surface area contributed by atoms with Gasteiger partial charge in [0.05, 0.1) is 28.1 Å². The summed E-state index contributed by atoms with van der Waals surface area (Å²) in [6.45, 7) is -0.307. The van der Waals surface area contributed by atoms with Crippen LogP contribution in [0.4, 0.5) is 0 Å². The largest absolute Gasteiger partial charge is 0.493 e. The van der Waals surface area contributed by atoms with Crippen molar-refractivity contribution in [1.82, 2.24) is 0 Å². The number of methoxy groups -OCH3 is 1. The van der Waals surface area contributed by atoms with Crippen LogP contribution in [0.25, 0.3) is 0 Å². The molecule has 1 aliphatic rings. The predicted molar refractivity (Wildman–Crippen MR) is 177 cm³/mol. The minimum Gasteiger partial charge on any atom is -0.493 e. The quantitative estimate of drug-likeness (QED) is 0.0782. The van der Waals surface area contributed by atoms with Crippen molar-refractivity contribution >= 4 is 75.6 Å². The molecule has 1 heterocycles. The minimum absolute atomic E-state index is 0.0506. The normalized spacial score (nSPS) is 13.7. The lowest BCUT2D eigenvalue weighted by Gasteiger charge is -2.27. The highest BCUT2D eigenvalue weighted by Gasteiger charge is 2.32. The van der Waals surface area contributed by atoms with Crippen LogP contribution in [0.3, 0.4) is 0 Å². The predicted octanol–water partition coefficient (Wildman–Crippen LogP) is 9.40. The lowest BCUT2D eigenvalue weighted by molar-refractivity contribution is -0.136. The highest BCUT2D eigenvalue weighted by atomic mass is 35.5. The number of carbonyl (C=O) groups excluding carboxylic acids is 1. The maximum atomic E-state index is 12.6. The van der Waals surface area contributed by atoms with Gasteiger partial charge in [0.2, 0.25) is 5.88 Å². The van der Waals surface area contributed by atoms with Crippen molar-refractivity contribution in [2.24, 2.45) is 5.73 Å². The molecule has 236 valence electrons. The van der Waals surface area contributed by atoms with Crippen molar-refractivity contribution in [2.45, 2.75) is 12.5 Å². The van der Waals surface area contributed by atoms with E-state index in [1.165, 1.54) is 13.2 Å². The van der Waals surface area contributed by atoms with Crippen LogP contribution < -0.4 is 29.4 Å². The average molecular weight is 741 g/mol. The molecule has 2 N–H and O–H groups in total. The number of nitrogens with zero attached hydrogens (tertiary/aromatic N) is 1. The van der Waals surface area contributed by atoms with Gasteiger partial charge in [-0.2, -0.15) is 5.26 Å². The van der Waals surface area contributed by atoms with Gasteiger partial charge in [0, 0.05) is 16.7 Å². The second kappa shape index (κ2) is 14.4. The fraction of sp³-hybridized carbons (Fsp3) is 0.125. The van der Waals surface area contributed by atoms with Gasteiger partial charge in [-0.1, -0.05) is 93.9 Å². The zero-order chi connectivity index (χ0) is 33.1. The van der Waals surface area contributed by atoms with E-state index in [0.717, 1.165) is 5.56 Å². The van der Waals surface area contributed by atoms with E-state index in [0.29, 0.717) is 27.6 Å². The van der Waals surface area contributed by atoms with Gasteiger partial charge in [-0.15, -0.1) is 0 Å².